The maximum atomic E-state index is 11.6. The van der Waals surface area contributed by atoms with Gasteiger partial charge in [0.15, 0.2) is 0 Å². The van der Waals surface area contributed by atoms with Crippen molar-refractivity contribution in [1.82, 2.24) is 4.57 Å². The summed E-state index contributed by atoms with van der Waals surface area (Å²) in [5.74, 6) is -1.40. The summed E-state index contributed by atoms with van der Waals surface area (Å²) in [4.78, 5) is 22.0. The molecule has 2 aromatic rings. The number of aliphatic carboxylic acids is 1. The molecule has 1 aromatic carbocycles. The van der Waals surface area contributed by atoms with E-state index < -0.39 is 11.9 Å². The van der Waals surface area contributed by atoms with Crippen molar-refractivity contribution in [3.8, 4) is 0 Å². The van der Waals surface area contributed by atoms with Gasteiger partial charge in [0.2, 0.25) is 0 Å². The molecular weight excluding hydrogens is 342 g/mol. The fraction of sp³-hybridized carbons (Fsp3) is 0.286. The highest BCUT2D eigenvalue weighted by Gasteiger charge is 2.11. The van der Waals surface area contributed by atoms with Crippen LogP contribution < -0.4 is 0 Å². The normalized spacial score (nSPS) is 10.8. The van der Waals surface area contributed by atoms with Crippen molar-refractivity contribution in [2.24, 2.45) is 0 Å². The van der Waals surface area contributed by atoms with Gasteiger partial charge in [0.05, 0.1) is 24.8 Å². The predicted molar refractivity (Wildman–Crippen MR) is 79.4 cm³/mol. The Morgan fingerprint density at radius 2 is 2.14 bits per heavy atom. The molecule has 0 bridgehead atoms. The molecule has 1 heterocycles. The van der Waals surface area contributed by atoms with E-state index in [1.807, 2.05) is 16.8 Å². The first-order chi connectivity index (χ1) is 10.0. The number of methoxy groups -OCH3 is 1. The second-order valence-corrected chi connectivity index (χ2v) is 5.19. The molecule has 112 valence electrons. The molecule has 2 rings (SSSR count). The number of esters is 1. The molecule has 0 aliphatic heterocycles. The van der Waals surface area contributed by atoms with E-state index in [-0.39, 0.29) is 13.2 Å². The summed E-state index contributed by atoms with van der Waals surface area (Å²) in [6.45, 7) is 0.429. The number of carbonyl (C=O) groups excluding carboxylic acids is 1. The van der Waals surface area contributed by atoms with Gasteiger partial charge >= 0.3 is 11.9 Å². The van der Waals surface area contributed by atoms with Gasteiger partial charge in [0.25, 0.3) is 0 Å². The fourth-order valence-corrected chi connectivity index (χ4v) is 2.58. The Morgan fingerprint density at radius 3 is 2.81 bits per heavy atom. The quantitative estimate of drug-likeness (QED) is 0.635. The third-order valence-corrected chi connectivity index (χ3v) is 3.59. The average molecular weight is 356 g/mol. The van der Waals surface area contributed by atoms with Crippen molar-refractivity contribution in [2.45, 2.75) is 6.54 Å². The van der Waals surface area contributed by atoms with E-state index in [0.717, 1.165) is 15.4 Å². The highest BCUT2D eigenvalue weighted by molar-refractivity contribution is 9.10. The number of aromatic nitrogens is 1. The number of fused-ring (bicyclic) bond motifs is 1. The van der Waals surface area contributed by atoms with Gasteiger partial charge in [-0.3, -0.25) is 0 Å². The molecule has 0 aliphatic rings. The van der Waals surface area contributed by atoms with Gasteiger partial charge in [-0.1, -0.05) is 6.07 Å². The minimum absolute atomic E-state index is 0.269. The summed E-state index contributed by atoms with van der Waals surface area (Å²) >= 11 is 3.46. The zero-order chi connectivity index (χ0) is 15.4. The smallest absolute Gasteiger partial charge is 0.337 e. The van der Waals surface area contributed by atoms with Crippen LogP contribution in [-0.4, -0.2) is 41.9 Å². The number of rotatable bonds is 6. The van der Waals surface area contributed by atoms with E-state index in [4.69, 9.17) is 14.6 Å². The Bertz CT molecular complexity index is 679. The van der Waals surface area contributed by atoms with Crippen molar-refractivity contribution in [3.05, 3.63) is 34.4 Å². The molecule has 0 fully saturated rings. The molecule has 0 unspecified atom stereocenters. The Labute approximate surface area is 129 Å². The van der Waals surface area contributed by atoms with Crippen LogP contribution >= 0.6 is 15.9 Å². The van der Waals surface area contributed by atoms with Gasteiger partial charge in [-0.2, -0.15) is 0 Å². The molecule has 1 N–H and O–H groups in total. The van der Waals surface area contributed by atoms with Crippen LogP contribution in [0.3, 0.4) is 0 Å². The monoisotopic (exact) mass is 355 g/mol. The maximum Gasteiger partial charge on any atom is 0.337 e. The summed E-state index contributed by atoms with van der Waals surface area (Å²) < 4.78 is 12.5. The number of hydrogen-bond acceptors (Lipinski definition) is 4. The van der Waals surface area contributed by atoms with Gasteiger partial charge in [-0.25, -0.2) is 9.59 Å². The molecule has 6 nitrogen and oxygen atoms in total. The second kappa shape index (κ2) is 6.73. The zero-order valence-electron chi connectivity index (χ0n) is 11.3. The molecule has 0 saturated carbocycles. The van der Waals surface area contributed by atoms with Gasteiger partial charge in [-0.15, -0.1) is 0 Å². The number of benzene rings is 1. The largest absolute Gasteiger partial charge is 0.480 e. The summed E-state index contributed by atoms with van der Waals surface area (Å²) in [6.07, 6.45) is 1.87. The molecular formula is C14H14BrNO5. The van der Waals surface area contributed by atoms with Crippen molar-refractivity contribution in [3.63, 3.8) is 0 Å². The number of halogens is 1. The first kappa shape index (κ1) is 15.5. The van der Waals surface area contributed by atoms with Crippen molar-refractivity contribution >= 4 is 38.8 Å². The summed E-state index contributed by atoms with van der Waals surface area (Å²) in [5, 5.41) is 9.48. The van der Waals surface area contributed by atoms with E-state index >= 15 is 0 Å². The van der Waals surface area contributed by atoms with Gasteiger partial charge < -0.3 is 19.1 Å². The van der Waals surface area contributed by atoms with Crippen LogP contribution in [0, 0.1) is 0 Å². The zero-order valence-corrected chi connectivity index (χ0v) is 12.9. The van der Waals surface area contributed by atoms with E-state index in [0.29, 0.717) is 12.1 Å². The highest BCUT2D eigenvalue weighted by atomic mass is 79.9. The molecule has 7 heteroatoms. The molecule has 0 atom stereocenters. The Kier molecular flexibility index (Phi) is 4.98. The predicted octanol–water partition coefficient (Wildman–Crippen LogP) is 2.29. The minimum Gasteiger partial charge on any atom is -0.480 e. The van der Waals surface area contributed by atoms with Crippen LogP contribution in [0.1, 0.15) is 10.4 Å². The fourth-order valence-electron chi connectivity index (χ4n) is 2.00. The van der Waals surface area contributed by atoms with Crippen LogP contribution in [0.5, 0.6) is 0 Å². The second-order valence-electron chi connectivity index (χ2n) is 4.34. The van der Waals surface area contributed by atoms with Crippen LogP contribution in [0.15, 0.2) is 28.9 Å². The van der Waals surface area contributed by atoms with Crippen molar-refractivity contribution in [1.29, 1.82) is 0 Å². The minimum atomic E-state index is -0.999. The number of ether oxygens (including phenoxy) is 2. The van der Waals surface area contributed by atoms with E-state index in [1.54, 1.807) is 12.1 Å². The topological polar surface area (TPSA) is 77.8 Å². The molecule has 0 saturated heterocycles. The number of hydrogen-bond donors (Lipinski definition) is 1. The number of carboxylic acids is 1. The molecule has 0 radical (unpaired) electrons. The van der Waals surface area contributed by atoms with Crippen LogP contribution in [0.4, 0.5) is 0 Å². The van der Waals surface area contributed by atoms with Gasteiger partial charge in [0.1, 0.15) is 6.61 Å². The first-order valence-electron chi connectivity index (χ1n) is 6.19. The average Bonchev–Trinajstić information content (AvgIpc) is 2.78. The first-order valence-corrected chi connectivity index (χ1v) is 6.98. The summed E-state index contributed by atoms with van der Waals surface area (Å²) in [5.41, 5.74) is 1.31. The SMILES string of the molecule is COC(=O)c1ccc2c(Br)cn(CCOCC(=O)O)c2c1. The molecule has 1 aromatic heterocycles. The molecule has 0 spiro atoms. The number of carbonyl (C=O) groups is 2. The maximum absolute atomic E-state index is 11.6. The van der Waals surface area contributed by atoms with Gasteiger partial charge in [0, 0.05) is 22.6 Å². The van der Waals surface area contributed by atoms with E-state index in [9.17, 15) is 9.59 Å². The lowest BCUT2D eigenvalue weighted by Gasteiger charge is -2.06. The third-order valence-electron chi connectivity index (χ3n) is 2.96. The van der Waals surface area contributed by atoms with Gasteiger partial charge in [-0.05, 0) is 28.1 Å². The van der Waals surface area contributed by atoms with Crippen LogP contribution in [-0.2, 0) is 20.8 Å². The lowest BCUT2D eigenvalue weighted by molar-refractivity contribution is -0.142. The highest BCUT2D eigenvalue weighted by Crippen LogP contribution is 2.27. The lowest BCUT2D eigenvalue weighted by atomic mass is 10.1. The Morgan fingerprint density at radius 1 is 1.38 bits per heavy atom. The van der Waals surface area contributed by atoms with Crippen molar-refractivity contribution in [2.75, 3.05) is 20.3 Å². The number of carboxylic acid groups (broad SMARTS) is 1. The third kappa shape index (κ3) is 3.62. The van der Waals surface area contributed by atoms with Crippen LogP contribution in [0.2, 0.25) is 0 Å². The molecule has 0 amide bonds. The van der Waals surface area contributed by atoms with Crippen LogP contribution in [0.25, 0.3) is 10.9 Å². The van der Waals surface area contributed by atoms with Crippen molar-refractivity contribution < 1.29 is 24.2 Å². The van der Waals surface area contributed by atoms with E-state index in [1.165, 1.54) is 7.11 Å². The number of nitrogens with zero attached hydrogens (tertiary/aromatic N) is 1. The molecule has 0 aliphatic carbocycles. The van der Waals surface area contributed by atoms with E-state index in [2.05, 4.69) is 15.9 Å². The summed E-state index contributed by atoms with van der Waals surface area (Å²) in [7, 11) is 1.33. The summed E-state index contributed by atoms with van der Waals surface area (Å²) in [6, 6.07) is 5.27. The standard InChI is InChI=1S/C14H14BrNO5/c1-20-14(19)9-2-3-10-11(15)7-16(12(10)6-9)4-5-21-8-13(17)18/h2-3,6-7H,4-5,8H2,1H3,(H,17,18). The Hall–Kier alpha value is -1.86. The molecule has 21 heavy (non-hydrogen) atoms. The lowest BCUT2D eigenvalue weighted by Crippen LogP contribution is -2.11. The Balaban J connectivity index is 2.22.